The minimum atomic E-state index is -0.159. The monoisotopic (exact) mass is 321 g/mol. The van der Waals surface area contributed by atoms with Crippen molar-refractivity contribution in [1.29, 1.82) is 0 Å². The molecule has 0 bridgehead atoms. The van der Waals surface area contributed by atoms with E-state index in [0.29, 0.717) is 17.3 Å². The van der Waals surface area contributed by atoms with Crippen LogP contribution in [-0.4, -0.2) is 16.1 Å². The van der Waals surface area contributed by atoms with E-state index in [2.05, 4.69) is 15.5 Å². The highest BCUT2D eigenvalue weighted by Crippen LogP contribution is 2.18. The van der Waals surface area contributed by atoms with Crippen LogP contribution in [0, 0.1) is 20.8 Å². The van der Waals surface area contributed by atoms with E-state index in [9.17, 15) is 4.79 Å². The van der Waals surface area contributed by atoms with Gasteiger partial charge in [-0.2, -0.15) is 0 Å². The Balaban J connectivity index is 1.65. The van der Waals surface area contributed by atoms with Crippen molar-refractivity contribution in [2.45, 2.75) is 27.3 Å². The van der Waals surface area contributed by atoms with E-state index in [0.717, 1.165) is 16.7 Å². The van der Waals surface area contributed by atoms with Crippen LogP contribution in [0.15, 0.2) is 46.9 Å². The van der Waals surface area contributed by atoms with Crippen molar-refractivity contribution in [3.63, 3.8) is 0 Å². The highest BCUT2D eigenvalue weighted by molar-refractivity contribution is 5.94. The molecule has 0 radical (unpaired) electrons. The van der Waals surface area contributed by atoms with Crippen molar-refractivity contribution in [2.75, 3.05) is 0 Å². The zero-order valence-corrected chi connectivity index (χ0v) is 14.0. The van der Waals surface area contributed by atoms with Gasteiger partial charge in [0.2, 0.25) is 11.8 Å². The Morgan fingerprint density at radius 1 is 1.00 bits per heavy atom. The Morgan fingerprint density at radius 2 is 1.75 bits per heavy atom. The summed E-state index contributed by atoms with van der Waals surface area (Å²) in [6.45, 7) is 6.22. The summed E-state index contributed by atoms with van der Waals surface area (Å²) in [4.78, 5) is 12.2. The number of carbonyl (C=O) groups is 1. The van der Waals surface area contributed by atoms with E-state index >= 15 is 0 Å². The van der Waals surface area contributed by atoms with Crippen LogP contribution in [0.25, 0.3) is 11.5 Å². The third-order valence-corrected chi connectivity index (χ3v) is 3.93. The predicted molar refractivity (Wildman–Crippen MR) is 91.6 cm³/mol. The Hall–Kier alpha value is -2.95. The molecule has 0 fully saturated rings. The molecule has 1 N–H and O–H groups in total. The van der Waals surface area contributed by atoms with Crippen LogP contribution in [-0.2, 0) is 6.54 Å². The van der Waals surface area contributed by atoms with E-state index in [1.54, 1.807) is 0 Å². The molecule has 2 aromatic carbocycles. The van der Waals surface area contributed by atoms with Gasteiger partial charge in [0.15, 0.2) is 0 Å². The van der Waals surface area contributed by atoms with Gasteiger partial charge in [-0.25, -0.2) is 0 Å². The number of hydrogen-bond donors (Lipinski definition) is 1. The van der Waals surface area contributed by atoms with Gasteiger partial charge in [0.25, 0.3) is 5.91 Å². The third-order valence-electron chi connectivity index (χ3n) is 3.93. The van der Waals surface area contributed by atoms with Crippen molar-refractivity contribution in [2.24, 2.45) is 0 Å². The minimum absolute atomic E-state index is 0.159. The second-order valence-corrected chi connectivity index (χ2v) is 5.85. The fraction of sp³-hybridized carbons (Fsp3) is 0.211. The van der Waals surface area contributed by atoms with Gasteiger partial charge in [-0.1, -0.05) is 23.8 Å². The first-order valence-corrected chi connectivity index (χ1v) is 7.78. The molecule has 0 aliphatic heterocycles. The number of benzene rings is 2. The molecule has 0 saturated heterocycles. The minimum Gasteiger partial charge on any atom is -0.419 e. The van der Waals surface area contributed by atoms with E-state index in [4.69, 9.17) is 4.42 Å². The molecule has 1 heterocycles. The van der Waals surface area contributed by atoms with E-state index in [1.807, 2.05) is 63.2 Å². The normalized spacial score (nSPS) is 10.6. The molecule has 3 aromatic rings. The fourth-order valence-corrected chi connectivity index (χ4v) is 2.28. The number of hydrogen-bond acceptors (Lipinski definition) is 4. The molecule has 0 saturated carbocycles. The molecule has 0 atom stereocenters. The molecule has 0 spiro atoms. The first-order valence-electron chi connectivity index (χ1n) is 7.78. The fourth-order valence-electron chi connectivity index (χ4n) is 2.28. The van der Waals surface area contributed by atoms with Crippen molar-refractivity contribution in [3.05, 3.63) is 70.6 Å². The van der Waals surface area contributed by atoms with Crippen molar-refractivity contribution >= 4 is 5.91 Å². The molecular formula is C19H19N3O2. The first-order chi connectivity index (χ1) is 11.5. The Labute approximate surface area is 140 Å². The van der Waals surface area contributed by atoms with Crippen LogP contribution in [0.1, 0.15) is 32.9 Å². The molecule has 0 aliphatic carbocycles. The average molecular weight is 321 g/mol. The second kappa shape index (κ2) is 6.66. The predicted octanol–water partition coefficient (Wildman–Crippen LogP) is 3.59. The van der Waals surface area contributed by atoms with Crippen molar-refractivity contribution in [3.8, 4) is 11.5 Å². The van der Waals surface area contributed by atoms with Crippen molar-refractivity contribution < 1.29 is 9.21 Å². The number of carbonyl (C=O) groups excluding carboxylic acids is 1. The molecule has 122 valence electrons. The van der Waals surface area contributed by atoms with Crippen LogP contribution in [0.5, 0.6) is 0 Å². The largest absolute Gasteiger partial charge is 0.419 e. The summed E-state index contributed by atoms with van der Waals surface area (Å²) in [5, 5.41) is 10.8. The number of nitrogens with one attached hydrogen (secondary N) is 1. The molecule has 1 amide bonds. The number of aryl methyl sites for hydroxylation is 3. The number of rotatable bonds is 4. The lowest BCUT2D eigenvalue weighted by molar-refractivity contribution is 0.0947. The number of amides is 1. The van der Waals surface area contributed by atoms with Gasteiger partial charge in [0.05, 0.1) is 6.54 Å². The van der Waals surface area contributed by atoms with Crippen molar-refractivity contribution in [1.82, 2.24) is 15.5 Å². The highest BCUT2D eigenvalue weighted by atomic mass is 16.4. The van der Waals surface area contributed by atoms with Crippen LogP contribution in [0.4, 0.5) is 0 Å². The van der Waals surface area contributed by atoms with Gasteiger partial charge in [-0.3, -0.25) is 4.79 Å². The molecule has 5 heteroatoms. The molecule has 1 aromatic heterocycles. The summed E-state index contributed by atoms with van der Waals surface area (Å²) in [6, 6.07) is 13.5. The summed E-state index contributed by atoms with van der Waals surface area (Å²) >= 11 is 0. The van der Waals surface area contributed by atoms with Gasteiger partial charge < -0.3 is 9.73 Å². The maximum Gasteiger partial charge on any atom is 0.251 e. The smallest absolute Gasteiger partial charge is 0.251 e. The lowest BCUT2D eigenvalue weighted by Gasteiger charge is -2.05. The van der Waals surface area contributed by atoms with Crippen LogP contribution >= 0.6 is 0 Å². The van der Waals surface area contributed by atoms with Crippen LogP contribution in [0.3, 0.4) is 0 Å². The Bertz CT molecular complexity index is 867. The Morgan fingerprint density at radius 3 is 2.46 bits per heavy atom. The number of aromatic nitrogens is 2. The first kappa shape index (κ1) is 15.9. The van der Waals surface area contributed by atoms with E-state index in [1.165, 1.54) is 5.56 Å². The number of nitrogens with zero attached hydrogens (tertiary/aromatic N) is 2. The third kappa shape index (κ3) is 3.51. The second-order valence-electron chi connectivity index (χ2n) is 5.85. The van der Waals surface area contributed by atoms with Gasteiger partial charge in [-0.05, 0) is 56.2 Å². The molecular weight excluding hydrogens is 302 g/mol. The topological polar surface area (TPSA) is 68.0 Å². The van der Waals surface area contributed by atoms with E-state index < -0.39 is 0 Å². The van der Waals surface area contributed by atoms with Gasteiger partial charge in [0, 0.05) is 11.1 Å². The van der Waals surface area contributed by atoms with Gasteiger partial charge >= 0.3 is 0 Å². The van der Waals surface area contributed by atoms with Gasteiger partial charge in [-0.15, -0.1) is 10.2 Å². The van der Waals surface area contributed by atoms with Crippen LogP contribution < -0.4 is 5.32 Å². The Kier molecular flexibility index (Phi) is 4.42. The quantitative estimate of drug-likeness (QED) is 0.797. The summed E-state index contributed by atoms with van der Waals surface area (Å²) in [5.74, 6) is 0.668. The molecule has 3 rings (SSSR count). The molecule has 5 nitrogen and oxygen atoms in total. The SMILES string of the molecule is Cc1ccc(-c2nnc(CNC(=O)c3ccc(C)c(C)c3)o2)cc1. The maximum atomic E-state index is 12.2. The van der Waals surface area contributed by atoms with Crippen LogP contribution in [0.2, 0.25) is 0 Å². The summed E-state index contributed by atoms with van der Waals surface area (Å²) in [7, 11) is 0. The lowest BCUT2D eigenvalue weighted by Crippen LogP contribution is -2.23. The molecule has 0 unspecified atom stereocenters. The lowest BCUT2D eigenvalue weighted by atomic mass is 10.1. The van der Waals surface area contributed by atoms with E-state index in [-0.39, 0.29) is 12.5 Å². The zero-order valence-electron chi connectivity index (χ0n) is 14.0. The summed E-state index contributed by atoms with van der Waals surface area (Å²) < 4.78 is 5.60. The zero-order chi connectivity index (χ0) is 17.1. The molecule has 24 heavy (non-hydrogen) atoms. The average Bonchev–Trinajstić information content (AvgIpc) is 3.05. The standard InChI is InChI=1S/C19H19N3O2/c1-12-4-7-15(8-5-12)19-22-21-17(24-19)11-20-18(23)16-9-6-13(2)14(3)10-16/h4-10H,11H2,1-3H3,(H,20,23). The maximum absolute atomic E-state index is 12.2. The molecule has 0 aliphatic rings. The van der Waals surface area contributed by atoms with Gasteiger partial charge in [0.1, 0.15) is 0 Å². The highest BCUT2D eigenvalue weighted by Gasteiger charge is 2.11. The summed E-state index contributed by atoms with van der Waals surface area (Å²) in [5.41, 5.74) is 4.89. The summed E-state index contributed by atoms with van der Waals surface area (Å²) in [6.07, 6.45) is 0.